The molecular formula is C21H25N3O4. The van der Waals surface area contributed by atoms with Crippen LogP contribution in [0.25, 0.3) is 0 Å². The molecule has 0 saturated heterocycles. The summed E-state index contributed by atoms with van der Waals surface area (Å²) in [6.07, 6.45) is 0. The molecule has 148 valence electrons. The minimum absolute atomic E-state index is 0.290. The van der Waals surface area contributed by atoms with Crippen molar-refractivity contribution in [3.63, 3.8) is 0 Å². The van der Waals surface area contributed by atoms with E-state index in [-0.39, 0.29) is 0 Å². The Bertz CT molecular complexity index is 787. The lowest BCUT2D eigenvalue weighted by molar-refractivity contribution is -0.123. The van der Waals surface area contributed by atoms with Gasteiger partial charge in [0.25, 0.3) is 5.91 Å². The van der Waals surface area contributed by atoms with E-state index in [1.807, 2.05) is 42.5 Å². The van der Waals surface area contributed by atoms with Crippen LogP contribution < -0.4 is 15.5 Å². The van der Waals surface area contributed by atoms with Crippen LogP contribution in [0.3, 0.4) is 0 Å². The summed E-state index contributed by atoms with van der Waals surface area (Å²) in [4.78, 5) is 37.7. The average molecular weight is 383 g/mol. The molecule has 0 unspecified atom stereocenters. The highest BCUT2D eigenvalue weighted by atomic mass is 16.5. The Hall–Kier alpha value is -3.35. The molecular weight excluding hydrogens is 358 g/mol. The maximum atomic E-state index is 12.0. The van der Waals surface area contributed by atoms with Gasteiger partial charge >= 0.3 is 12.0 Å². The van der Waals surface area contributed by atoms with E-state index in [1.54, 1.807) is 12.1 Å². The van der Waals surface area contributed by atoms with Crippen LogP contribution in [0, 0.1) is 0 Å². The van der Waals surface area contributed by atoms with Crippen molar-refractivity contribution in [1.82, 2.24) is 10.6 Å². The Morgan fingerprint density at radius 1 is 0.929 bits per heavy atom. The molecule has 2 aromatic rings. The number of hydrogen-bond donors (Lipinski definition) is 2. The Morgan fingerprint density at radius 3 is 2.18 bits per heavy atom. The summed E-state index contributed by atoms with van der Waals surface area (Å²) in [5, 5.41) is 4.68. The van der Waals surface area contributed by atoms with Crippen molar-refractivity contribution >= 4 is 23.6 Å². The average Bonchev–Trinajstić information content (AvgIpc) is 2.72. The quantitative estimate of drug-likeness (QED) is 0.685. The van der Waals surface area contributed by atoms with Crippen LogP contribution in [-0.2, 0) is 16.1 Å². The van der Waals surface area contributed by atoms with Crippen molar-refractivity contribution in [2.45, 2.75) is 20.4 Å². The Labute approximate surface area is 164 Å². The summed E-state index contributed by atoms with van der Waals surface area (Å²) in [6.45, 7) is 5.61. The normalized spacial score (nSPS) is 10.1. The summed E-state index contributed by atoms with van der Waals surface area (Å²) in [6, 6.07) is 15.6. The highest BCUT2D eigenvalue weighted by molar-refractivity contribution is 5.97. The molecule has 0 aliphatic carbocycles. The third kappa shape index (κ3) is 6.42. The van der Waals surface area contributed by atoms with E-state index in [0.717, 1.165) is 24.3 Å². The summed E-state index contributed by atoms with van der Waals surface area (Å²) in [5.74, 6) is -1.32. The highest BCUT2D eigenvalue weighted by Crippen LogP contribution is 2.15. The second-order valence-corrected chi connectivity index (χ2v) is 6.01. The first-order valence-electron chi connectivity index (χ1n) is 9.17. The number of esters is 1. The number of ether oxygens (including phenoxy) is 1. The molecule has 7 nitrogen and oxygen atoms in total. The summed E-state index contributed by atoms with van der Waals surface area (Å²) in [7, 11) is 0. The van der Waals surface area contributed by atoms with E-state index in [4.69, 9.17) is 4.74 Å². The minimum atomic E-state index is -0.696. The van der Waals surface area contributed by atoms with Gasteiger partial charge in [0.05, 0.1) is 5.56 Å². The number of anilines is 1. The van der Waals surface area contributed by atoms with Crippen LogP contribution in [0.1, 0.15) is 29.8 Å². The van der Waals surface area contributed by atoms with Crippen molar-refractivity contribution in [3.05, 3.63) is 65.7 Å². The Balaban J connectivity index is 1.75. The number of hydrogen-bond acceptors (Lipinski definition) is 5. The van der Waals surface area contributed by atoms with Crippen molar-refractivity contribution < 1.29 is 19.1 Å². The van der Waals surface area contributed by atoms with Crippen molar-refractivity contribution in [1.29, 1.82) is 0 Å². The maximum Gasteiger partial charge on any atom is 0.338 e. The van der Waals surface area contributed by atoms with Crippen molar-refractivity contribution in [2.75, 3.05) is 24.6 Å². The largest absolute Gasteiger partial charge is 0.452 e. The fourth-order valence-electron chi connectivity index (χ4n) is 2.60. The van der Waals surface area contributed by atoms with E-state index >= 15 is 0 Å². The summed E-state index contributed by atoms with van der Waals surface area (Å²) >= 11 is 0. The number of rotatable bonds is 8. The zero-order valence-corrected chi connectivity index (χ0v) is 16.1. The molecule has 28 heavy (non-hydrogen) atoms. The molecule has 0 heterocycles. The van der Waals surface area contributed by atoms with Gasteiger partial charge in [0.1, 0.15) is 0 Å². The van der Waals surface area contributed by atoms with Crippen molar-refractivity contribution in [2.24, 2.45) is 0 Å². The van der Waals surface area contributed by atoms with Crippen LogP contribution >= 0.6 is 0 Å². The van der Waals surface area contributed by atoms with E-state index in [1.165, 1.54) is 0 Å². The number of nitrogens with zero attached hydrogens (tertiary/aromatic N) is 1. The van der Waals surface area contributed by atoms with Gasteiger partial charge in [-0.2, -0.15) is 0 Å². The van der Waals surface area contributed by atoms with E-state index in [9.17, 15) is 14.4 Å². The molecule has 2 rings (SSSR count). The van der Waals surface area contributed by atoms with Gasteiger partial charge in [0.15, 0.2) is 6.61 Å². The zero-order chi connectivity index (χ0) is 20.4. The van der Waals surface area contributed by atoms with Gasteiger partial charge in [-0.3, -0.25) is 10.1 Å². The second-order valence-electron chi connectivity index (χ2n) is 6.01. The second kappa shape index (κ2) is 10.7. The predicted octanol–water partition coefficient (Wildman–Crippen LogP) is 2.72. The molecule has 7 heteroatoms. The van der Waals surface area contributed by atoms with Gasteiger partial charge in [0.2, 0.25) is 0 Å². The molecule has 0 saturated carbocycles. The lowest BCUT2D eigenvalue weighted by Crippen LogP contribution is -2.41. The molecule has 0 bridgehead atoms. The van der Waals surface area contributed by atoms with Crippen LogP contribution in [0.15, 0.2) is 54.6 Å². The standard InChI is InChI=1S/C21H25N3O4/c1-3-24(4-2)18-12-10-17(11-13-18)20(26)28-15-19(25)23-21(27)22-14-16-8-6-5-7-9-16/h5-13H,3-4,14-15H2,1-2H3,(H2,22,23,25,27). The molecule has 2 N–H and O–H groups in total. The predicted molar refractivity (Wildman–Crippen MR) is 107 cm³/mol. The van der Waals surface area contributed by atoms with E-state index in [2.05, 4.69) is 29.4 Å². The van der Waals surface area contributed by atoms with Gasteiger partial charge in [-0.15, -0.1) is 0 Å². The SMILES string of the molecule is CCN(CC)c1ccc(C(=O)OCC(=O)NC(=O)NCc2ccccc2)cc1. The summed E-state index contributed by atoms with van der Waals surface area (Å²) < 4.78 is 4.96. The molecule has 0 aromatic heterocycles. The van der Waals surface area contributed by atoms with Crippen LogP contribution in [0.4, 0.5) is 10.5 Å². The molecule has 0 aliphatic heterocycles. The molecule has 0 fully saturated rings. The Kier molecular flexibility index (Phi) is 8.02. The van der Waals surface area contributed by atoms with Gasteiger partial charge in [-0.05, 0) is 43.7 Å². The van der Waals surface area contributed by atoms with Gasteiger partial charge in [-0.25, -0.2) is 9.59 Å². The molecule has 0 spiro atoms. The first kappa shape index (κ1) is 21.0. The number of imide groups is 1. The first-order chi connectivity index (χ1) is 13.5. The number of urea groups is 1. The number of amides is 3. The summed E-state index contributed by atoms with van der Waals surface area (Å²) in [5.41, 5.74) is 2.26. The molecule has 0 radical (unpaired) electrons. The van der Waals surface area contributed by atoms with Crippen molar-refractivity contribution in [3.8, 4) is 0 Å². The number of benzene rings is 2. The number of carbonyl (C=O) groups is 3. The van der Waals surface area contributed by atoms with E-state index < -0.39 is 24.5 Å². The molecule has 0 atom stereocenters. The molecule has 0 aliphatic rings. The monoisotopic (exact) mass is 383 g/mol. The highest BCUT2D eigenvalue weighted by Gasteiger charge is 2.13. The first-order valence-corrected chi connectivity index (χ1v) is 9.17. The lowest BCUT2D eigenvalue weighted by Gasteiger charge is -2.20. The van der Waals surface area contributed by atoms with Crippen LogP contribution in [0.2, 0.25) is 0 Å². The third-order valence-electron chi connectivity index (χ3n) is 4.11. The molecule has 3 amide bonds. The lowest BCUT2D eigenvalue weighted by atomic mass is 10.2. The van der Waals surface area contributed by atoms with Gasteiger partial charge < -0.3 is 15.0 Å². The minimum Gasteiger partial charge on any atom is -0.452 e. The Morgan fingerprint density at radius 2 is 1.57 bits per heavy atom. The van der Waals surface area contributed by atoms with Gasteiger partial charge in [-0.1, -0.05) is 30.3 Å². The molecule has 2 aromatic carbocycles. The third-order valence-corrected chi connectivity index (χ3v) is 4.11. The fraction of sp³-hybridized carbons (Fsp3) is 0.286. The zero-order valence-electron chi connectivity index (χ0n) is 16.1. The number of carbonyl (C=O) groups excluding carboxylic acids is 3. The van der Waals surface area contributed by atoms with Gasteiger partial charge in [0, 0.05) is 25.3 Å². The maximum absolute atomic E-state index is 12.0. The van der Waals surface area contributed by atoms with Crippen LogP contribution in [0.5, 0.6) is 0 Å². The topological polar surface area (TPSA) is 87.7 Å². The smallest absolute Gasteiger partial charge is 0.338 e. The van der Waals surface area contributed by atoms with E-state index in [0.29, 0.717) is 12.1 Å². The van der Waals surface area contributed by atoms with Crippen LogP contribution in [-0.4, -0.2) is 37.6 Å². The fourth-order valence-corrected chi connectivity index (χ4v) is 2.60. The number of nitrogens with one attached hydrogen (secondary N) is 2.